The number of Topliss-reactive ketones (excluding diaryl/α,β-unsaturated/α-hetero) is 1. The summed E-state index contributed by atoms with van der Waals surface area (Å²) in [4.78, 5) is 41.0. The predicted octanol–water partition coefficient (Wildman–Crippen LogP) is 6.89. The van der Waals surface area contributed by atoms with Gasteiger partial charge in [-0.1, -0.05) is 24.3 Å². The third kappa shape index (κ3) is 7.96. The minimum atomic E-state index is -5.23. The van der Waals surface area contributed by atoms with Crippen LogP contribution < -0.4 is 15.4 Å². The Bertz CT molecular complexity index is 1470. The molecule has 1 aliphatic rings. The van der Waals surface area contributed by atoms with Crippen LogP contribution in [-0.2, 0) is 11.0 Å². The SMILES string of the molecule is O=C(O)Nc1cc(OCC(F)(F)F)c(C(F)(F)F)cc1NC(=O)CC(=O)c1cccc(-c2ccc(C3CC3)nc2)c1. The number of halogens is 6. The van der Waals surface area contributed by atoms with Gasteiger partial charge in [-0.05, 0) is 36.6 Å². The maximum atomic E-state index is 13.6. The highest BCUT2D eigenvalue weighted by Crippen LogP contribution is 2.42. The van der Waals surface area contributed by atoms with Gasteiger partial charge < -0.3 is 15.2 Å². The Balaban J connectivity index is 1.53. The second-order valence-electron chi connectivity index (χ2n) is 9.20. The van der Waals surface area contributed by atoms with Gasteiger partial charge >= 0.3 is 18.4 Å². The molecule has 2 amide bonds. The normalized spacial score (nSPS) is 13.4. The number of carbonyl (C=O) groups is 3. The molecule has 3 aromatic rings. The van der Waals surface area contributed by atoms with Crippen LogP contribution in [0, 0.1) is 0 Å². The third-order valence-electron chi connectivity index (χ3n) is 5.95. The number of rotatable bonds is 9. The van der Waals surface area contributed by atoms with Crippen molar-refractivity contribution in [2.45, 2.75) is 37.5 Å². The maximum absolute atomic E-state index is 13.6. The molecule has 1 aromatic heterocycles. The minimum absolute atomic E-state index is 0.125. The number of pyridine rings is 1. The number of amides is 2. The Morgan fingerprint density at radius 2 is 1.63 bits per heavy atom. The fraction of sp³-hybridized carbons (Fsp3) is 0.259. The van der Waals surface area contributed by atoms with E-state index in [2.05, 4.69) is 9.72 Å². The molecule has 0 aliphatic heterocycles. The Hall–Kier alpha value is -4.62. The van der Waals surface area contributed by atoms with Crippen molar-refractivity contribution in [3.63, 3.8) is 0 Å². The number of aromatic nitrogens is 1. The zero-order chi connectivity index (χ0) is 29.9. The van der Waals surface area contributed by atoms with Gasteiger partial charge in [-0.2, -0.15) is 26.3 Å². The maximum Gasteiger partial charge on any atom is 0.422 e. The van der Waals surface area contributed by atoms with E-state index in [4.69, 9.17) is 5.11 Å². The fourth-order valence-corrected chi connectivity index (χ4v) is 3.91. The number of benzene rings is 2. The number of alkyl halides is 6. The highest BCUT2D eigenvalue weighted by Gasteiger charge is 2.37. The zero-order valence-electron chi connectivity index (χ0n) is 20.9. The monoisotopic (exact) mass is 581 g/mol. The molecule has 4 rings (SSSR count). The first-order valence-electron chi connectivity index (χ1n) is 12.0. The number of carbonyl (C=O) groups excluding carboxylic acids is 2. The van der Waals surface area contributed by atoms with Crippen molar-refractivity contribution in [3.05, 3.63) is 71.5 Å². The first-order valence-corrected chi connectivity index (χ1v) is 12.0. The lowest BCUT2D eigenvalue weighted by molar-refractivity contribution is -0.158. The topological polar surface area (TPSA) is 118 Å². The number of carboxylic acid groups (broad SMARTS) is 1. The molecule has 0 unspecified atom stereocenters. The van der Waals surface area contributed by atoms with Gasteiger partial charge in [-0.15, -0.1) is 0 Å². The van der Waals surface area contributed by atoms with Crippen LogP contribution in [0.4, 0.5) is 42.5 Å². The van der Waals surface area contributed by atoms with E-state index >= 15 is 0 Å². The molecule has 0 spiro atoms. The molecule has 41 heavy (non-hydrogen) atoms. The number of ether oxygens (including phenoxy) is 1. The summed E-state index contributed by atoms with van der Waals surface area (Å²) in [5.41, 5.74) is -0.676. The number of hydrogen-bond acceptors (Lipinski definition) is 5. The van der Waals surface area contributed by atoms with Crippen LogP contribution in [0.2, 0.25) is 0 Å². The van der Waals surface area contributed by atoms with Crippen LogP contribution in [-0.4, -0.2) is 40.7 Å². The van der Waals surface area contributed by atoms with E-state index in [-0.39, 0.29) is 11.6 Å². The molecule has 8 nitrogen and oxygen atoms in total. The van der Waals surface area contributed by atoms with E-state index < -0.39 is 65.9 Å². The molecule has 0 atom stereocenters. The Morgan fingerprint density at radius 3 is 2.22 bits per heavy atom. The molecule has 0 radical (unpaired) electrons. The second kappa shape index (κ2) is 11.5. The van der Waals surface area contributed by atoms with E-state index in [1.807, 2.05) is 17.4 Å². The van der Waals surface area contributed by atoms with Gasteiger partial charge in [0.05, 0.1) is 23.4 Å². The van der Waals surface area contributed by atoms with Crippen molar-refractivity contribution in [2.24, 2.45) is 0 Å². The molecule has 216 valence electrons. The number of nitrogens with zero attached hydrogens (tertiary/aromatic N) is 1. The smallest absolute Gasteiger partial charge is 0.422 e. The van der Waals surface area contributed by atoms with Crippen LogP contribution >= 0.6 is 0 Å². The zero-order valence-corrected chi connectivity index (χ0v) is 20.9. The molecule has 1 fully saturated rings. The van der Waals surface area contributed by atoms with E-state index in [9.17, 15) is 40.7 Å². The molecule has 0 bridgehead atoms. The summed E-state index contributed by atoms with van der Waals surface area (Å²) in [5.74, 6) is -2.65. The molecule has 1 saturated carbocycles. The standard InChI is InChI=1S/C27H21F6N3O5/c28-26(29,30)13-41-23-10-21(36-25(39)40)20(9-18(23)27(31,32)33)35-24(38)11-22(37)16-3-1-2-15(8-16)17-6-7-19(34-12-17)14-4-5-14/h1-3,6-10,12,14,36H,4-5,11,13H2,(H,35,38)(H,39,40). The minimum Gasteiger partial charge on any atom is -0.483 e. The lowest BCUT2D eigenvalue weighted by atomic mass is 10.0. The Kier molecular flexibility index (Phi) is 8.22. The first kappa shape index (κ1) is 29.4. The van der Waals surface area contributed by atoms with Crippen LogP contribution in [0.5, 0.6) is 5.75 Å². The first-order chi connectivity index (χ1) is 19.2. The van der Waals surface area contributed by atoms with Gasteiger partial charge in [0, 0.05) is 35.0 Å². The number of hydrogen-bond donors (Lipinski definition) is 3. The van der Waals surface area contributed by atoms with Gasteiger partial charge in [0.2, 0.25) is 5.91 Å². The van der Waals surface area contributed by atoms with Crippen molar-refractivity contribution in [3.8, 4) is 16.9 Å². The highest BCUT2D eigenvalue weighted by atomic mass is 19.4. The average Bonchev–Trinajstić information content (AvgIpc) is 3.73. The van der Waals surface area contributed by atoms with Gasteiger partial charge in [-0.3, -0.25) is 19.9 Å². The quantitative estimate of drug-likeness (QED) is 0.144. The molecular weight excluding hydrogens is 560 g/mol. The summed E-state index contributed by atoms with van der Waals surface area (Å²) in [7, 11) is 0. The molecular formula is C27H21F6N3O5. The van der Waals surface area contributed by atoms with Gasteiger partial charge in [-0.25, -0.2) is 4.79 Å². The van der Waals surface area contributed by atoms with E-state index in [1.54, 1.807) is 23.6 Å². The summed E-state index contributed by atoms with van der Waals surface area (Å²) in [6.07, 6.45) is -8.99. The Labute approximate surface area is 228 Å². The van der Waals surface area contributed by atoms with Crippen molar-refractivity contribution in [2.75, 3.05) is 17.2 Å². The van der Waals surface area contributed by atoms with Crippen molar-refractivity contribution in [1.29, 1.82) is 0 Å². The number of nitrogens with one attached hydrogen (secondary N) is 2. The van der Waals surface area contributed by atoms with Crippen molar-refractivity contribution in [1.82, 2.24) is 4.98 Å². The molecule has 1 heterocycles. The van der Waals surface area contributed by atoms with Gasteiger partial charge in [0.25, 0.3) is 0 Å². The van der Waals surface area contributed by atoms with Crippen LogP contribution in [0.15, 0.2) is 54.7 Å². The van der Waals surface area contributed by atoms with E-state index in [0.717, 1.165) is 24.1 Å². The number of ketones is 1. The summed E-state index contributed by atoms with van der Waals surface area (Å²) < 4.78 is 82.7. The van der Waals surface area contributed by atoms with E-state index in [1.165, 1.54) is 12.1 Å². The van der Waals surface area contributed by atoms with Crippen molar-refractivity contribution >= 4 is 29.2 Å². The van der Waals surface area contributed by atoms with Crippen LogP contribution in [0.25, 0.3) is 11.1 Å². The second-order valence-corrected chi connectivity index (χ2v) is 9.20. The predicted molar refractivity (Wildman–Crippen MR) is 134 cm³/mol. The summed E-state index contributed by atoms with van der Waals surface area (Å²) in [6, 6.07) is 10.6. The fourth-order valence-electron chi connectivity index (χ4n) is 3.91. The highest BCUT2D eigenvalue weighted by molar-refractivity contribution is 6.12. The number of anilines is 2. The lowest BCUT2D eigenvalue weighted by Crippen LogP contribution is -2.22. The lowest BCUT2D eigenvalue weighted by Gasteiger charge is -2.19. The molecule has 0 saturated heterocycles. The molecule has 1 aliphatic carbocycles. The van der Waals surface area contributed by atoms with Gasteiger partial charge in [0.1, 0.15) is 5.75 Å². The van der Waals surface area contributed by atoms with Crippen LogP contribution in [0.3, 0.4) is 0 Å². The van der Waals surface area contributed by atoms with Crippen LogP contribution in [0.1, 0.15) is 46.8 Å². The van der Waals surface area contributed by atoms with Crippen molar-refractivity contribution < 1.29 is 50.6 Å². The summed E-state index contributed by atoms with van der Waals surface area (Å²) in [6.45, 7) is -2.08. The summed E-state index contributed by atoms with van der Waals surface area (Å²) >= 11 is 0. The summed E-state index contributed by atoms with van der Waals surface area (Å²) in [5, 5.41) is 12.8. The molecule has 2 aromatic carbocycles. The average molecular weight is 581 g/mol. The van der Waals surface area contributed by atoms with Gasteiger partial charge in [0.15, 0.2) is 12.4 Å². The molecule has 14 heteroatoms. The third-order valence-corrected chi connectivity index (χ3v) is 5.95. The Morgan fingerprint density at radius 1 is 0.927 bits per heavy atom. The van der Waals surface area contributed by atoms with E-state index in [0.29, 0.717) is 17.5 Å². The largest absolute Gasteiger partial charge is 0.483 e. The molecule has 3 N–H and O–H groups in total.